The van der Waals surface area contributed by atoms with Crippen LogP contribution in [0.2, 0.25) is 5.02 Å². The van der Waals surface area contributed by atoms with Crippen LogP contribution in [0.25, 0.3) is 4.96 Å². The van der Waals surface area contributed by atoms with E-state index in [0.717, 1.165) is 16.5 Å². The summed E-state index contributed by atoms with van der Waals surface area (Å²) in [7, 11) is 0. The van der Waals surface area contributed by atoms with Crippen molar-refractivity contribution in [1.82, 2.24) is 19.8 Å². The minimum absolute atomic E-state index is 0.333. The number of rotatable bonds is 4. The minimum atomic E-state index is -0.373. The molecule has 0 saturated carbocycles. The number of para-hydroxylation sites is 2. The fourth-order valence-electron chi connectivity index (χ4n) is 2.75. The van der Waals surface area contributed by atoms with Gasteiger partial charge in [0.15, 0.2) is 28.4 Å². The van der Waals surface area contributed by atoms with Crippen LogP contribution >= 0.6 is 22.9 Å². The second-order valence-corrected chi connectivity index (χ2v) is 7.33. The molecule has 9 heteroatoms. The van der Waals surface area contributed by atoms with Crippen molar-refractivity contribution in [3.8, 4) is 17.2 Å². The first-order valence-corrected chi connectivity index (χ1v) is 9.43. The topological polar surface area (TPSA) is 70.8 Å². The van der Waals surface area contributed by atoms with Crippen molar-refractivity contribution >= 4 is 27.9 Å². The summed E-state index contributed by atoms with van der Waals surface area (Å²) < 4.78 is 19.2. The minimum Gasteiger partial charge on any atom is -0.486 e. The van der Waals surface area contributed by atoms with Gasteiger partial charge in [-0.05, 0) is 36.4 Å². The molecule has 0 bridgehead atoms. The first kappa shape index (κ1) is 16.3. The van der Waals surface area contributed by atoms with E-state index in [1.54, 1.807) is 16.6 Å². The number of aromatic nitrogens is 4. The van der Waals surface area contributed by atoms with Crippen LogP contribution in [0.15, 0.2) is 48.5 Å². The van der Waals surface area contributed by atoms with Crippen molar-refractivity contribution in [2.75, 3.05) is 6.61 Å². The molecule has 2 aromatic heterocycles. The summed E-state index contributed by atoms with van der Waals surface area (Å²) in [6, 6.07) is 14.8. The van der Waals surface area contributed by atoms with E-state index in [2.05, 4.69) is 15.3 Å². The van der Waals surface area contributed by atoms with Crippen LogP contribution in [0.1, 0.15) is 16.9 Å². The van der Waals surface area contributed by atoms with E-state index >= 15 is 0 Å². The molecule has 0 unspecified atom stereocenters. The highest BCUT2D eigenvalue weighted by Crippen LogP contribution is 2.35. The number of fused-ring (bicyclic) bond motifs is 2. The third-order valence-electron chi connectivity index (χ3n) is 4.03. The van der Waals surface area contributed by atoms with Crippen molar-refractivity contribution in [2.45, 2.75) is 12.7 Å². The Morgan fingerprint density at radius 2 is 1.93 bits per heavy atom. The Hall–Kier alpha value is -2.84. The summed E-state index contributed by atoms with van der Waals surface area (Å²) in [6.45, 7) is 0.686. The number of hydrogen-bond donors (Lipinski definition) is 0. The maximum Gasteiger partial charge on any atom is 0.234 e. The maximum absolute atomic E-state index is 6.01. The van der Waals surface area contributed by atoms with Crippen molar-refractivity contribution in [2.24, 2.45) is 0 Å². The highest BCUT2D eigenvalue weighted by atomic mass is 35.5. The van der Waals surface area contributed by atoms with Gasteiger partial charge in [-0.25, -0.2) is 0 Å². The fraction of sp³-hybridized carbons (Fsp3) is 0.167. The number of halogens is 1. The lowest BCUT2D eigenvalue weighted by Gasteiger charge is -2.24. The standard InChI is InChI=1S/C18H13ClN4O3S/c19-11-5-7-12(8-6-11)24-10-16-22-23-17(20-21-18(23)27-16)15-9-25-13-3-1-2-4-14(13)26-15/h1-8,15H,9-10H2/t15-/m1/s1. The molecule has 0 saturated heterocycles. The first-order chi connectivity index (χ1) is 13.3. The lowest BCUT2D eigenvalue weighted by molar-refractivity contribution is 0.0835. The SMILES string of the molecule is Clc1ccc(OCc2nn3c([C@H]4COc5ccccc5O4)nnc3s2)cc1. The summed E-state index contributed by atoms with van der Waals surface area (Å²) in [5.74, 6) is 2.75. The molecular formula is C18H13ClN4O3S. The molecule has 1 aliphatic heterocycles. The first-order valence-electron chi connectivity index (χ1n) is 8.24. The van der Waals surface area contributed by atoms with Gasteiger partial charge in [-0.15, -0.1) is 10.2 Å². The van der Waals surface area contributed by atoms with Crippen LogP contribution in [0.4, 0.5) is 0 Å². The second-order valence-electron chi connectivity index (χ2n) is 5.86. The summed E-state index contributed by atoms with van der Waals surface area (Å²) in [6.07, 6.45) is -0.373. The van der Waals surface area contributed by atoms with Gasteiger partial charge in [-0.3, -0.25) is 0 Å². The number of hydrogen-bond acceptors (Lipinski definition) is 7. The van der Waals surface area contributed by atoms with E-state index in [4.69, 9.17) is 25.8 Å². The van der Waals surface area contributed by atoms with Gasteiger partial charge in [0, 0.05) is 5.02 Å². The molecule has 5 rings (SSSR count). The Morgan fingerprint density at radius 1 is 1.11 bits per heavy atom. The predicted molar refractivity (Wildman–Crippen MR) is 99.7 cm³/mol. The lowest BCUT2D eigenvalue weighted by Crippen LogP contribution is -2.23. The predicted octanol–water partition coefficient (Wildman–Crippen LogP) is 3.93. The average molecular weight is 401 g/mol. The van der Waals surface area contributed by atoms with Crippen molar-refractivity contribution in [3.05, 3.63) is 64.4 Å². The molecule has 1 aliphatic rings. The molecule has 4 aromatic rings. The molecule has 0 N–H and O–H groups in total. The van der Waals surface area contributed by atoms with Gasteiger partial charge in [0.05, 0.1) is 0 Å². The summed E-state index contributed by atoms with van der Waals surface area (Å²) in [5, 5.41) is 14.4. The van der Waals surface area contributed by atoms with E-state index in [0.29, 0.717) is 34.8 Å². The molecule has 0 aliphatic carbocycles. The Labute approximate surface area is 163 Å². The summed E-state index contributed by atoms with van der Waals surface area (Å²) >= 11 is 7.30. The number of ether oxygens (including phenoxy) is 3. The molecule has 0 radical (unpaired) electrons. The van der Waals surface area contributed by atoms with Crippen LogP contribution in [-0.2, 0) is 6.61 Å². The largest absolute Gasteiger partial charge is 0.486 e. The Bertz CT molecular complexity index is 1100. The molecule has 0 amide bonds. The fourth-order valence-corrected chi connectivity index (χ4v) is 3.63. The van der Waals surface area contributed by atoms with Crippen molar-refractivity contribution in [3.63, 3.8) is 0 Å². The van der Waals surface area contributed by atoms with E-state index in [-0.39, 0.29) is 6.10 Å². The summed E-state index contributed by atoms with van der Waals surface area (Å²) in [4.78, 5) is 0.683. The van der Waals surface area contributed by atoms with Gasteiger partial charge in [0.2, 0.25) is 4.96 Å². The van der Waals surface area contributed by atoms with Crippen LogP contribution in [-0.4, -0.2) is 26.4 Å². The number of benzene rings is 2. The zero-order chi connectivity index (χ0) is 18.2. The van der Waals surface area contributed by atoms with Gasteiger partial charge in [0.25, 0.3) is 0 Å². The smallest absolute Gasteiger partial charge is 0.234 e. The lowest BCUT2D eigenvalue weighted by atomic mass is 10.2. The average Bonchev–Trinajstić information content (AvgIpc) is 3.27. The van der Waals surface area contributed by atoms with Gasteiger partial charge in [0.1, 0.15) is 19.0 Å². The Balaban J connectivity index is 1.35. The van der Waals surface area contributed by atoms with Crippen LogP contribution in [0, 0.1) is 0 Å². The van der Waals surface area contributed by atoms with Crippen LogP contribution < -0.4 is 14.2 Å². The normalized spacial score (nSPS) is 15.8. The van der Waals surface area contributed by atoms with Gasteiger partial charge in [-0.1, -0.05) is 35.1 Å². The third kappa shape index (κ3) is 3.17. The van der Waals surface area contributed by atoms with Gasteiger partial charge in [-0.2, -0.15) is 9.61 Å². The van der Waals surface area contributed by atoms with E-state index in [9.17, 15) is 0 Å². The zero-order valence-electron chi connectivity index (χ0n) is 13.9. The maximum atomic E-state index is 6.01. The van der Waals surface area contributed by atoms with Crippen LogP contribution in [0.5, 0.6) is 17.2 Å². The molecule has 2 aromatic carbocycles. The molecule has 136 valence electrons. The second kappa shape index (κ2) is 6.71. The quantitative estimate of drug-likeness (QED) is 0.517. The van der Waals surface area contributed by atoms with E-state index in [1.807, 2.05) is 36.4 Å². The highest BCUT2D eigenvalue weighted by Gasteiger charge is 2.28. The summed E-state index contributed by atoms with van der Waals surface area (Å²) in [5.41, 5.74) is 0. The van der Waals surface area contributed by atoms with E-state index < -0.39 is 0 Å². The van der Waals surface area contributed by atoms with Gasteiger partial charge < -0.3 is 14.2 Å². The third-order valence-corrected chi connectivity index (χ3v) is 5.15. The molecular weight excluding hydrogens is 388 g/mol. The molecule has 3 heterocycles. The molecule has 0 spiro atoms. The molecule has 0 fully saturated rings. The van der Waals surface area contributed by atoms with Gasteiger partial charge >= 0.3 is 0 Å². The Morgan fingerprint density at radius 3 is 2.78 bits per heavy atom. The zero-order valence-corrected chi connectivity index (χ0v) is 15.5. The van der Waals surface area contributed by atoms with Crippen molar-refractivity contribution in [1.29, 1.82) is 0 Å². The Kier molecular flexibility index (Phi) is 4.06. The van der Waals surface area contributed by atoms with Crippen LogP contribution in [0.3, 0.4) is 0 Å². The monoisotopic (exact) mass is 400 g/mol. The molecule has 7 nitrogen and oxygen atoms in total. The van der Waals surface area contributed by atoms with Crippen molar-refractivity contribution < 1.29 is 14.2 Å². The molecule has 27 heavy (non-hydrogen) atoms. The highest BCUT2D eigenvalue weighted by molar-refractivity contribution is 7.16. The number of nitrogens with zero attached hydrogens (tertiary/aromatic N) is 4. The van der Waals surface area contributed by atoms with E-state index in [1.165, 1.54) is 11.3 Å². The molecule has 1 atom stereocenters.